The highest BCUT2D eigenvalue weighted by Crippen LogP contribution is 2.31. The molecule has 0 aliphatic heterocycles. The quantitative estimate of drug-likeness (QED) is 0.536. The van der Waals surface area contributed by atoms with E-state index in [1.54, 1.807) is 0 Å². The minimum Gasteiger partial charge on any atom is -0.144 e. The summed E-state index contributed by atoms with van der Waals surface area (Å²) >= 11 is 8.07. The maximum absolute atomic E-state index is 6.25. The Bertz CT molecular complexity index is 714. The molecular weight excluding hydrogens is 284 g/mol. The minimum atomic E-state index is 0.385. The second-order valence-electron chi connectivity index (χ2n) is 5.17. The summed E-state index contributed by atoms with van der Waals surface area (Å²) in [5.74, 6) is 1.05. The molecule has 0 nitrogen and oxygen atoms in total. The highest BCUT2D eigenvalue weighted by Gasteiger charge is 2.15. The van der Waals surface area contributed by atoms with Crippen LogP contribution in [0.4, 0.5) is 0 Å². The molecule has 102 valence electrons. The van der Waals surface area contributed by atoms with Crippen LogP contribution in [0.25, 0.3) is 10.1 Å². The Hall–Kier alpha value is -1.31. The highest BCUT2D eigenvalue weighted by atomic mass is 35.5. The van der Waals surface area contributed by atoms with Crippen molar-refractivity contribution in [2.45, 2.75) is 19.3 Å². The van der Waals surface area contributed by atoms with E-state index >= 15 is 0 Å². The topological polar surface area (TPSA) is 0 Å². The first kappa shape index (κ1) is 13.7. The van der Waals surface area contributed by atoms with Gasteiger partial charge >= 0.3 is 0 Å². The maximum Gasteiger partial charge on any atom is 0.0345 e. The van der Waals surface area contributed by atoms with Gasteiger partial charge in [0.2, 0.25) is 0 Å². The Labute approximate surface area is 129 Å². The van der Waals surface area contributed by atoms with Crippen LogP contribution in [0.15, 0.2) is 53.9 Å². The third-order valence-corrected chi connectivity index (χ3v) is 5.23. The van der Waals surface area contributed by atoms with Crippen LogP contribution in [0.3, 0.4) is 0 Å². The number of thiophene rings is 1. The first-order valence-corrected chi connectivity index (χ1v) is 8.27. The highest BCUT2D eigenvalue weighted by molar-refractivity contribution is 7.17. The molecule has 3 rings (SSSR count). The number of benzene rings is 2. The number of fused-ring (bicyclic) bond motifs is 1. The molecule has 2 heteroatoms. The maximum atomic E-state index is 6.25. The molecule has 1 atom stereocenters. The lowest BCUT2D eigenvalue weighted by molar-refractivity contribution is 0.766. The third kappa shape index (κ3) is 2.61. The molecule has 1 aromatic heterocycles. The van der Waals surface area contributed by atoms with Crippen molar-refractivity contribution in [3.05, 3.63) is 70.6 Å². The fourth-order valence-electron chi connectivity index (χ4n) is 2.75. The van der Waals surface area contributed by atoms with Crippen LogP contribution < -0.4 is 0 Å². The molecule has 0 aliphatic rings. The number of rotatable bonds is 4. The Morgan fingerprint density at radius 2 is 1.80 bits per heavy atom. The van der Waals surface area contributed by atoms with Gasteiger partial charge in [-0.25, -0.2) is 0 Å². The summed E-state index contributed by atoms with van der Waals surface area (Å²) in [7, 11) is 0. The van der Waals surface area contributed by atoms with Gasteiger partial charge in [0.1, 0.15) is 0 Å². The molecule has 0 saturated heterocycles. The molecule has 0 aliphatic carbocycles. The SMILES string of the molecule is Cc1ccccc1C(CCl)Cc1csc2ccccc12. The lowest BCUT2D eigenvalue weighted by atomic mass is 9.90. The fourth-order valence-corrected chi connectivity index (χ4v) is 4.00. The van der Waals surface area contributed by atoms with Crippen LogP contribution in [0, 0.1) is 6.92 Å². The van der Waals surface area contributed by atoms with E-state index in [1.807, 2.05) is 11.3 Å². The Balaban J connectivity index is 1.94. The molecule has 1 unspecified atom stereocenters. The standard InChI is InChI=1S/C18H17ClS/c1-13-6-2-3-7-16(13)14(11-19)10-15-12-20-18-9-5-4-8-17(15)18/h2-9,12,14H,10-11H2,1H3. The van der Waals surface area contributed by atoms with Gasteiger partial charge in [0, 0.05) is 16.5 Å². The number of alkyl halides is 1. The summed E-state index contributed by atoms with van der Waals surface area (Å²) in [5.41, 5.74) is 4.12. The summed E-state index contributed by atoms with van der Waals surface area (Å²) in [6.07, 6.45) is 1.01. The number of aryl methyl sites for hydroxylation is 1. The Morgan fingerprint density at radius 3 is 2.60 bits per heavy atom. The number of halogens is 1. The molecule has 0 radical (unpaired) electrons. The largest absolute Gasteiger partial charge is 0.144 e. The van der Waals surface area contributed by atoms with Crippen LogP contribution in [0.5, 0.6) is 0 Å². The van der Waals surface area contributed by atoms with Crippen LogP contribution in [0.1, 0.15) is 22.6 Å². The van der Waals surface area contributed by atoms with Crippen LogP contribution >= 0.6 is 22.9 Å². The molecule has 20 heavy (non-hydrogen) atoms. The zero-order valence-electron chi connectivity index (χ0n) is 11.5. The summed E-state index contributed by atoms with van der Waals surface area (Å²) in [4.78, 5) is 0. The van der Waals surface area contributed by atoms with E-state index in [9.17, 15) is 0 Å². The average Bonchev–Trinajstić information content (AvgIpc) is 2.89. The van der Waals surface area contributed by atoms with E-state index in [0.717, 1.165) is 6.42 Å². The van der Waals surface area contributed by atoms with Gasteiger partial charge in [0.05, 0.1) is 0 Å². The van der Waals surface area contributed by atoms with Gasteiger partial charge in [0.25, 0.3) is 0 Å². The van der Waals surface area contributed by atoms with E-state index in [1.165, 1.54) is 26.8 Å². The molecule has 1 heterocycles. The van der Waals surface area contributed by atoms with E-state index < -0.39 is 0 Å². The number of hydrogen-bond acceptors (Lipinski definition) is 1. The fraction of sp³-hybridized carbons (Fsp3) is 0.222. The van der Waals surface area contributed by atoms with Gasteiger partial charge < -0.3 is 0 Å². The second kappa shape index (κ2) is 5.99. The lowest BCUT2D eigenvalue weighted by Gasteiger charge is -2.16. The summed E-state index contributed by atoms with van der Waals surface area (Å²) in [5, 5.41) is 3.66. The van der Waals surface area contributed by atoms with Gasteiger partial charge in [-0.3, -0.25) is 0 Å². The van der Waals surface area contributed by atoms with Crippen LogP contribution in [0.2, 0.25) is 0 Å². The minimum absolute atomic E-state index is 0.385. The second-order valence-corrected chi connectivity index (χ2v) is 6.39. The number of hydrogen-bond donors (Lipinski definition) is 0. The molecule has 0 amide bonds. The molecule has 0 saturated carbocycles. The molecule has 2 aromatic carbocycles. The molecule has 0 spiro atoms. The van der Waals surface area contributed by atoms with Crippen molar-refractivity contribution in [2.24, 2.45) is 0 Å². The predicted molar refractivity (Wildman–Crippen MR) is 90.2 cm³/mol. The molecule has 3 aromatic rings. The summed E-state index contributed by atoms with van der Waals surface area (Å²) in [6.45, 7) is 2.17. The van der Waals surface area contributed by atoms with E-state index in [-0.39, 0.29) is 0 Å². The molecule has 0 bridgehead atoms. The lowest BCUT2D eigenvalue weighted by Crippen LogP contribution is -2.06. The summed E-state index contributed by atoms with van der Waals surface area (Å²) in [6, 6.07) is 17.2. The first-order valence-electron chi connectivity index (χ1n) is 6.86. The van der Waals surface area contributed by atoms with E-state index in [2.05, 4.69) is 60.8 Å². The van der Waals surface area contributed by atoms with Crippen molar-refractivity contribution in [1.29, 1.82) is 0 Å². The van der Waals surface area contributed by atoms with Crippen molar-refractivity contribution in [3.63, 3.8) is 0 Å². The first-order chi connectivity index (χ1) is 9.79. The van der Waals surface area contributed by atoms with Crippen LogP contribution in [-0.2, 0) is 6.42 Å². The predicted octanol–water partition coefficient (Wildman–Crippen LogP) is 5.77. The van der Waals surface area contributed by atoms with Gasteiger partial charge in [-0.05, 0) is 46.9 Å². The normalized spacial score (nSPS) is 12.7. The van der Waals surface area contributed by atoms with Crippen LogP contribution in [-0.4, -0.2) is 5.88 Å². The summed E-state index contributed by atoms with van der Waals surface area (Å²) < 4.78 is 1.36. The van der Waals surface area contributed by atoms with Gasteiger partial charge in [-0.2, -0.15) is 0 Å². The monoisotopic (exact) mass is 300 g/mol. The average molecular weight is 301 g/mol. The molecule has 0 N–H and O–H groups in total. The van der Waals surface area contributed by atoms with Gasteiger partial charge in [-0.1, -0.05) is 42.5 Å². The third-order valence-electron chi connectivity index (χ3n) is 3.84. The van der Waals surface area contributed by atoms with Crippen molar-refractivity contribution in [2.75, 3.05) is 5.88 Å². The Kier molecular flexibility index (Phi) is 4.09. The van der Waals surface area contributed by atoms with Gasteiger partial charge in [0.15, 0.2) is 0 Å². The zero-order valence-corrected chi connectivity index (χ0v) is 13.0. The van der Waals surface area contributed by atoms with Crippen molar-refractivity contribution >= 4 is 33.0 Å². The molecule has 0 fully saturated rings. The molecular formula is C18H17ClS. The van der Waals surface area contributed by atoms with Crippen molar-refractivity contribution in [1.82, 2.24) is 0 Å². The smallest absolute Gasteiger partial charge is 0.0345 e. The van der Waals surface area contributed by atoms with Crippen molar-refractivity contribution < 1.29 is 0 Å². The van der Waals surface area contributed by atoms with E-state index in [4.69, 9.17) is 11.6 Å². The van der Waals surface area contributed by atoms with Crippen molar-refractivity contribution in [3.8, 4) is 0 Å². The van der Waals surface area contributed by atoms with E-state index in [0.29, 0.717) is 11.8 Å². The van der Waals surface area contributed by atoms with Gasteiger partial charge in [-0.15, -0.1) is 22.9 Å². The Morgan fingerprint density at radius 1 is 1.05 bits per heavy atom. The zero-order chi connectivity index (χ0) is 13.9.